The maximum atomic E-state index is 15.1. The summed E-state index contributed by atoms with van der Waals surface area (Å²) < 4.78 is 103. The predicted octanol–water partition coefficient (Wildman–Crippen LogP) is 5.94. The van der Waals surface area contributed by atoms with Gasteiger partial charge in [0.15, 0.2) is 5.60 Å². The fourth-order valence-corrected chi connectivity index (χ4v) is 3.20. The summed E-state index contributed by atoms with van der Waals surface area (Å²) in [5, 5.41) is 0. The largest absolute Gasteiger partial charge is 0.573 e. The number of ether oxygens (including phenoxy) is 2. The molecule has 0 unspecified atom stereocenters. The summed E-state index contributed by atoms with van der Waals surface area (Å²) >= 11 is 0. The molecule has 0 aliphatic carbocycles. The van der Waals surface area contributed by atoms with Crippen molar-refractivity contribution in [3.8, 4) is 16.9 Å². The monoisotopic (exact) mass is 443 g/mol. The van der Waals surface area contributed by atoms with Gasteiger partial charge in [-0.3, -0.25) is 4.98 Å². The maximum absolute atomic E-state index is 15.1. The van der Waals surface area contributed by atoms with Gasteiger partial charge in [-0.15, -0.1) is 13.2 Å². The minimum Gasteiger partial charge on any atom is -0.406 e. The first-order valence-electron chi connectivity index (χ1n) is 8.82. The summed E-state index contributed by atoms with van der Waals surface area (Å²) in [5.41, 5.74) is -2.70. The van der Waals surface area contributed by atoms with Crippen LogP contribution in [-0.2, 0) is 16.3 Å². The van der Waals surface area contributed by atoms with Gasteiger partial charge < -0.3 is 9.47 Å². The van der Waals surface area contributed by atoms with Gasteiger partial charge in [0.05, 0.1) is 6.61 Å². The Morgan fingerprint density at radius 2 is 1.52 bits per heavy atom. The highest BCUT2D eigenvalue weighted by Crippen LogP contribution is 2.56. The highest BCUT2D eigenvalue weighted by Gasteiger charge is 2.68. The van der Waals surface area contributed by atoms with Crippen LogP contribution in [0.1, 0.15) is 11.3 Å². The van der Waals surface area contributed by atoms with Crippen molar-refractivity contribution in [3.63, 3.8) is 0 Å². The zero-order valence-electron chi connectivity index (χ0n) is 15.4. The van der Waals surface area contributed by atoms with Gasteiger partial charge in [0.1, 0.15) is 23.1 Å². The Kier molecular flexibility index (Phi) is 4.92. The summed E-state index contributed by atoms with van der Waals surface area (Å²) in [6.07, 6.45) is -3.72. The fraction of sp³-hybridized carbons (Fsp3) is 0.190. The van der Waals surface area contributed by atoms with Crippen LogP contribution in [0.4, 0.5) is 30.7 Å². The average Bonchev–Trinajstić information content (AvgIpc) is 3.50. The van der Waals surface area contributed by atoms with Crippen LogP contribution < -0.4 is 4.74 Å². The lowest BCUT2D eigenvalue weighted by Crippen LogP contribution is -2.34. The summed E-state index contributed by atoms with van der Waals surface area (Å²) in [5.74, 6) is -6.22. The number of benzene rings is 2. The standard InChI is InChI=1S/C21H12F7NO2/c22-14-4-7-16(17(23)9-14)19(11-30-19)20(24,25)18-8-3-13(10-29-18)12-1-5-15(6-2-12)31-21(26,27)28/h1-10H,11H2/t19-/m0/s1. The minimum atomic E-state index is -4.83. The van der Waals surface area contributed by atoms with E-state index in [0.29, 0.717) is 17.2 Å². The van der Waals surface area contributed by atoms with Crippen molar-refractivity contribution in [2.45, 2.75) is 17.9 Å². The molecule has 0 saturated carbocycles. The van der Waals surface area contributed by atoms with Crippen LogP contribution in [0.5, 0.6) is 5.75 Å². The van der Waals surface area contributed by atoms with Crippen LogP contribution in [0.3, 0.4) is 0 Å². The summed E-state index contributed by atoms with van der Waals surface area (Å²) in [4.78, 5) is 3.75. The number of nitrogens with zero attached hydrogens (tertiary/aromatic N) is 1. The minimum absolute atomic E-state index is 0.358. The predicted molar refractivity (Wildman–Crippen MR) is 94.2 cm³/mol. The Labute approximate surface area is 171 Å². The molecular formula is C21H12F7NO2. The number of rotatable bonds is 5. The lowest BCUT2D eigenvalue weighted by molar-refractivity contribution is -0.274. The Balaban J connectivity index is 1.59. The Hall–Kier alpha value is -3.14. The maximum Gasteiger partial charge on any atom is 0.573 e. The van der Waals surface area contributed by atoms with Crippen LogP contribution in [0.25, 0.3) is 11.1 Å². The number of pyridine rings is 1. The molecule has 1 atom stereocenters. The van der Waals surface area contributed by atoms with Crippen molar-refractivity contribution < 1.29 is 40.2 Å². The van der Waals surface area contributed by atoms with Crippen molar-refractivity contribution in [3.05, 3.63) is 83.7 Å². The van der Waals surface area contributed by atoms with E-state index in [1.165, 1.54) is 18.2 Å². The number of epoxide rings is 1. The first-order valence-corrected chi connectivity index (χ1v) is 8.82. The van der Waals surface area contributed by atoms with Crippen molar-refractivity contribution in [1.82, 2.24) is 4.98 Å². The molecule has 1 aromatic heterocycles. The number of halogens is 7. The summed E-state index contributed by atoms with van der Waals surface area (Å²) in [6, 6.07) is 9.37. The smallest absolute Gasteiger partial charge is 0.406 e. The fourth-order valence-electron chi connectivity index (χ4n) is 3.20. The highest BCUT2D eigenvalue weighted by molar-refractivity contribution is 5.63. The lowest BCUT2D eigenvalue weighted by atomic mass is 9.90. The van der Waals surface area contributed by atoms with Gasteiger partial charge in [-0.2, -0.15) is 8.78 Å². The Morgan fingerprint density at radius 3 is 2.03 bits per heavy atom. The quantitative estimate of drug-likeness (QED) is 0.362. The third kappa shape index (κ3) is 3.95. The van der Waals surface area contributed by atoms with Crippen LogP contribution in [0, 0.1) is 11.6 Å². The average molecular weight is 443 g/mol. The molecule has 2 aromatic carbocycles. The molecule has 4 rings (SSSR count). The Morgan fingerprint density at radius 1 is 0.871 bits per heavy atom. The van der Waals surface area contributed by atoms with E-state index in [0.717, 1.165) is 36.5 Å². The summed E-state index contributed by atoms with van der Waals surface area (Å²) in [6.45, 7) is -0.480. The van der Waals surface area contributed by atoms with Gasteiger partial charge in [0.2, 0.25) is 0 Å². The van der Waals surface area contributed by atoms with E-state index in [4.69, 9.17) is 4.74 Å². The lowest BCUT2D eigenvalue weighted by Gasteiger charge is -2.24. The SMILES string of the molecule is Fc1ccc([C@]2(C(F)(F)c3ccc(-c4ccc(OC(F)(F)F)cc4)cn3)CO2)c(F)c1. The number of hydrogen-bond acceptors (Lipinski definition) is 3. The third-order valence-electron chi connectivity index (χ3n) is 4.81. The third-order valence-corrected chi connectivity index (χ3v) is 4.81. The zero-order valence-corrected chi connectivity index (χ0v) is 15.4. The van der Waals surface area contributed by atoms with Gasteiger partial charge >= 0.3 is 12.3 Å². The van der Waals surface area contributed by atoms with Crippen LogP contribution in [-0.4, -0.2) is 18.0 Å². The molecule has 0 N–H and O–H groups in total. The first kappa shape index (κ1) is 21.1. The topological polar surface area (TPSA) is 34.6 Å². The van der Waals surface area contributed by atoms with Crippen molar-refractivity contribution in [2.24, 2.45) is 0 Å². The molecule has 31 heavy (non-hydrogen) atoms. The number of hydrogen-bond donors (Lipinski definition) is 0. The molecule has 10 heteroatoms. The van der Waals surface area contributed by atoms with Gasteiger partial charge in [-0.05, 0) is 35.9 Å². The second kappa shape index (κ2) is 7.23. The molecule has 0 amide bonds. The van der Waals surface area contributed by atoms with E-state index < -0.39 is 53.1 Å². The highest BCUT2D eigenvalue weighted by atomic mass is 19.4. The normalized spacial score (nSPS) is 18.7. The zero-order chi connectivity index (χ0) is 22.4. The van der Waals surface area contributed by atoms with Crippen molar-refractivity contribution in [1.29, 1.82) is 0 Å². The number of alkyl halides is 5. The molecule has 3 aromatic rings. The van der Waals surface area contributed by atoms with Gasteiger partial charge in [-0.1, -0.05) is 18.2 Å². The first-order chi connectivity index (χ1) is 14.5. The molecule has 162 valence electrons. The molecule has 1 aliphatic heterocycles. The summed E-state index contributed by atoms with van der Waals surface area (Å²) in [7, 11) is 0. The molecule has 1 fully saturated rings. The van der Waals surface area contributed by atoms with E-state index in [1.807, 2.05) is 0 Å². The Bertz CT molecular complexity index is 1090. The van der Waals surface area contributed by atoms with Crippen molar-refractivity contribution >= 4 is 0 Å². The second-order valence-electron chi connectivity index (χ2n) is 6.82. The molecule has 2 heterocycles. The van der Waals surface area contributed by atoms with Crippen molar-refractivity contribution in [2.75, 3.05) is 6.61 Å². The van der Waals surface area contributed by atoms with E-state index >= 15 is 8.78 Å². The van der Waals surface area contributed by atoms with Gasteiger partial charge in [0, 0.05) is 23.4 Å². The van der Waals surface area contributed by atoms with E-state index in [9.17, 15) is 22.0 Å². The molecule has 1 saturated heterocycles. The van der Waals surface area contributed by atoms with E-state index in [-0.39, 0.29) is 0 Å². The van der Waals surface area contributed by atoms with Crippen LogP contribution in [0.2, 0.25) is 0 Å². The number of aromatic nitrogens is 1. The molecule has 0 bridgehead atoms. The van der Waals surface area contributed by atoms with E-state index in [1.54, 1.807) is 0 Å². The van der Waals surface area contributed by atoms with Gasteiger partial charge in [0.25, 0.3) is 0 Å². The molecular weight excluding hydrogens is 431 g/mol. The second-order valence-corrected chi connectivity index (χ2v) is 6.82. The molecule has 0 spiro atoms. The van der Waals surface area contributed by atoms with Crippen LogP contribution >= 0.6 is 0 Å². The molecule has 1 aliphatic rings. The molecule has 3 nitrogen and oxygen atoms in total. The van der Waals surface area contributed by atoms with Crippen LogP contribution in [0.15, 0.2) is 60.8 Å². The van der Waals surface area contributed by atoms with E-state index in [2.05, 4.69) is 9.72 Å². The van der Waals surface area contributed by atoms with Gasteiger partial charge in [-0.25, -0.2) is 8.78 Å². The molecule has 0 radical (unpaired) electrons.